The first kappa shape index (κ1) is 28.0. The number of benzene rings is 1. The Bertz CT molecular complexity index is 1310. The van der Waals surface area contributed by atoms with Crippen molar-refractivity contribution >= 4 is 22.8 Å². The Balaban J connectivity index is 1.83. The number of hydrogen-bond donors (Lipinski definition) is 3. The third kappa shape index (κ3) is 7.23. The highest BCUT2D eigenvalue weighted by molar-refractivity contribution is 5.97. The highest BCUT2D eigenvalue weighted by Gasteiger charge is 2.43. The number of carbonyl (C=O) groups excluding carboxylic acids is 2. The van der Waals surface area contributed by atoms with Gasteiger partial charge in [-0.2, -0.15) is 26.3 Å². The maximum absolute atomic E-state index is 13.7. The molecular weight excluding hydrogens is 502 g/mol. The van der Waals surface area contributed by atoms with E-state index in [1.807, 2.05) is 20.8 Å². The maximum atomic E-state index is 13.7. The largest absolute Gasteiger partial charge is 0.416 e. The number of fused-ring (bicyclic) bond motifs is 1. The second-order valence-corrected chi connectivity index (χ2v) is 9.94. The molecule has 0 saturated heterocycles. The van der Waals surface area contributed by atoms with E-state index in [4.69, 9.17) is 0 Å². The van der Waals surface area contributed by atoms with Crippen molar-refractivity contribution in [3.63, 3.8) is 0 Å². The Morgan fingerprint density at radius 3 is 2.30 bits per heavy atom. The number of nitrogens with zero attached hydrogens (tertiary/aromatic N) is 1. The fourth-order valence-corrected chi connectivity index (χ4v) is 3.69. The number of H-pyrrole nitrogens is 1. The van der Waals surface area contributed by atoms with Crippen LogP contribution in [0.25, 0.3) is 11.0 Å². The van der Waals surface area contributed by atoms with Crippen LogP contribution in [-0.2, 0) is 17.5 Å². The van der Waals surface area contributed by atoms with Gasteiger partial charge in [-0.25, -0.2) is 4.98 Å². The highest BCUT2D eigenvalue weighted by atomic mass is 19.4. The number of amides is 2. The Morgan fingerprint density at radius 1 is 1.03 bits per heavy atom. The molecule has 1 atom stereocenters. The SMILES string of the molecule is Cc1nc2[nH]c(C(=O)NC(c3cccc(C(F)(F)F)c3)C(F)(F)F)cc2cc1CNC(=O)CC(C)(C)C. The quantitative estimate of drug-likeness (QED) is 0.344. The molecule has 0 fully saturated rings. The second kappa shape index (κ2) is 10.1. The number of halogens is 6. The van der Waals surface area contributed by atoms with Gasteiger partial charge in [0, 0.05) is 24.0 Å². The minimum Gasteiger partial charge on any atom is -0.352 e. The van der Waals surface area contributed by atoms with Gasteiger partial charge in [-0.05, 0) is 47.7 Å². The van der Waals surface area contributed by atoms with Crippen LogP contribution >= 0.6 is 0 Å². The molecule has 0 aliphatic heterocycles. The van der Waals surface area contributed by atoms with Gasteiger partial charge in [0.25, 0.3) is 5.91 Å². The summed E-state index contributed by atoms with van der Waals surface area (Å²) in [7, 11) is 0. The summed E-state index contributed by atoms with van der Waals surface area (Å²) in [5.41, 5.74) is -1.05. The second-order valence-electron chi connectivity index (χ2n) is 9.94. The number of rotatable bonds is 6. The van der Waals surface area contributed by atoms with Crippen LogP contribution < -0.4 is 10.6 Å². The molecule has 1 unspecified atom stereocenters. The van der Waals surface area contributed by atoms with Crippen LogP contribution in [0.1, 0.15) is 66.1 Å². The first-order valence-corrected chi connectivity index (χ1v) is 11.2. The number of hydrogen-bond acceptors (Lipinski definition) is 3. The van der Waals surface area contributed by atoms with Gasteiger partial charge in [0.15, 0.2) is 6.04 Å². The lowest BCUT2D eigenvalue weighted by Crippen LogP contribution is -2.38. The monoisotopic (exact) mass is 528 g/mol. The molecule has 2 amide bonds. The summed E-state index contributed by atoms with van der Waals surface area (Å²) < 4.78 is 80.2. The van der Waals surface area contributed by atoms with Crippen LogP contribution in [0.3, 0.4) is 0 Å². The minimum atomic E-state index is -5.06. The fourth-order valence-electron chi connectivity index (χ4n) is 3.69. The zero-order valence-electron chi connectivity index (χ0n) is 20.5. The zero-order chi connectivity index (χ0) is 27.8. The van der Waals surface area contributed by atoms with Crippen LogP contribution in [0.5, 0.6) is 0 Å². The molecule has 0 aliphatic carbocycles. The highest BCUT2D eigenvalue weighted by Crippen LogP contribution is 2.36. The van der Waals surface area contributed by atoms with Crippen LogP contribution in [0, 0.1) is 12.3 Å². The van der Waals surface area contributed by atoms with Crippen molar-refractivity contribution in [3.8, 4) is 0 Å². The minimum absolute atomic E-state index is 0.158. The van der Waals surface area contributed by atoms with Gasteiger partial charge < -0.3 is 15.6 Å². The van der Waals surface area contributed by atoms with Gasteiger partial charge in [-0.1, -0.05) is 32.9 Å². The Morgan fingerprint density at radius 2 is 1.70 bits per heavy atom. The van der Waals surface area contributed by atoms with E-state index >= 15 is 0 Å². The molecule has 3 aromatic rings. The summed E-state index contributed by atoms with van der Waals surface area (Å²) in [6, 6.07) is 2.98. The third-order valence-electron chi connectivity index (χ3n) is 5.46. The Hall–Kier alpha value is -3.57. The first-order chi connectivity index (χ1) is 16.9. The topological polar surface area (TPSA) is 86.9 Å². The van der Waals surface area contributed by atoms with E-state index < -0.39 is 35.4 Å². The van der Waals surface area contributed by atoms with E-state index in [-0.39, 0.29) is 29.2 Å². The summed E-state index contributed by atoms with van der Waals surface area (Å²) in [4.78, 5) is 31.8. The van der Waals surface area contributed by atoms with Crippen LogP contribution in [0.2, 0.25) is 0 Å². The normalized spacial score (nSPS) is 13.5. The third-order valence-corrected chi connectivity index (χ3v) is 5.46. The number of nitrogens with one attached hydrogen (secondary N) is 3. The molecule has 1 aromatic carbocycles. The molecule has 2 aromatic heterocycles. The van der Waals surface area contributed by atoms with Gasteiger partial charge in [0.2, 0.25) is 5.91 Å². The van der Waals surface area contributed by atoms with Crippen LogP contribution in [0.4, 0.5) is 26.3 Å². The Kier molecular flexibility index (Phi) is 7.62. The van der Waals surface area contributed by atoms with E-state index in [1.54, 1.807) is 18.3 Å². The van der Waals surface area contributed by atoms with Crippen molar-refractivity contribution in [2.75, 3.05) is 0 Å². The van der Waals surface area contributed by atoms with Crippen LogP contribution in [0.15, 0.2) is 36.4 Å². The molecule has 0 spiro atoms. The molecule has 200 valence electrons. The lowest BCUT2D eigenvalue weighted by atomic mass is 9.92. The Labute approximate surface area is 208 Å². The average Bonchev–Trinajstić information content (AvgIpc) is 3.16. The smallest absolute Gasteiger partial charge is 0.352 e. The fraction of sp³-hybridized carbons (Fsp3) is 0.400. The molecule has 3 rings (SSSR count). The van der Waals surface area contributed by atoms with Crippen molar-refractivity contribution in [2.24, 2.45) is 5.41 Å². The summed E-state index contributed by atoms with van der Waals surface area (Å²) in [6.45, 7) is 7.62. The van der Waals surface area contributed by atoms with Crippen molar-refractivity contribution in [3.05, 3.63) is 64.5 Å². The number of pyridine rings is 1. The predicted molar refractivity (Wildman–Crippen MR) is 124 cm³/mol. The van der Waals surface area contributed by atoms with E-state index in [1.165, 1.54) is 6.07 Å². The van der Waals surface area contributed by atoms with Gasteiger partial charge in [-0.15, -0.1) is 0 Å². The molecule has 0 bridgehead atoms. The molecule has 0 radical (unpaired) electrons. The number of aromatic nitrogens is 2. The number of aromatic amines is 1. The summed E-state index contributed by atoms with van der Waals surface area (Å²) in [5, 5.41) is 4.98. The maximum Gasteiger partial charge on any atom is 0.416 e. The molecule has 3 N–H and O–H groups in total. The van der Waals surface area contributed by atoms with Gasteiger partial charge in [0.05, 0.1) is 5.56 Å². The lowest BCUT2D eigenvalue weighted by molar-refractivity contribution is -0.156. The zero-order valence-corrected chi connectivity index (χ0v) is 20.5. The van der Waals surface area contributed by atoms with Gasteiger partial charge >= 0.3 is 12.4 Å². The van der Waals surface area contributed by atoms with Crippen molar-refractivity contribution in [1.29, 1.82) is 0 Å². The van der Waals surface area contributed by atoms with E-state index in [0.29, 0.717) is 35.2 Å². The first-order valence-electron chi connectivity index (χ1n) is 11.2. The number of carbonyl (C=O) groups is 2. The molecular formula is C25H26F6N4O2. The van der Waals surface area contributed by atoms with Gasteiger partial charge in [0.1, 0.15) is 11.3 Å². The average molecular weight is 528 g/mol. The van der Waals surface area contributed by atoms with Crippen LogP contribution in [-0.4, -0.2) is 28.0 Å². The molecule has 37 heavy (non-hydrogen) atoms. The molecule has 6 nitrogen and oxygen atoms in total. The predicted octanol–water partition coefficient (Wildman–Crippen LogP) is 5.98. The molecule has 0 aliphatic rings. The van der Waals surface area contributed by atoms with Gasteiger partial charge in [-0.3, -0.25) is 9.59 Å². The van der Waals surface area contributed by atoms with E-state index in [2.05, 4.69) is 15.3 Å². The summed E-state index contributed by atoms with van der Waals surface area (Å²) >= 11 is 0. The molecule has 0 saturated carbocycles. The van der Waals surface area contributed by atoms with Crippen molar-refractivity contribution in [1.82, 2.24) is 20.6 Å². The van der Waals surface area contributed by atoms with E-state index in [9.17, 15) is 35.9 Å². The summed E-state index contributed by atoms with van der Waals surface area (Å²) in [5.74, 6) is -1.33. The van der Waals surface area contributed by atoms with Crippen molar-refractivity contribution < 1.29 is 35.9 Å². The standard InChI is InChI=1S/C25H26F6N4O2/c1-13-16(12-32-19(36)11-23(2,3)4)8-15-10-18(34-21(15)33-13)22(37)35-20(25(29,30)31)14-6-5-7-17(9-14)24(26,27)28/h5-10,20H,11-12H2,1-4H3,(H,32,36)(H,33,34)(H,35,37). The lowest BCUT2D eigenvalue weighted by Gasteiger charge is -2.22. The number of alkyl halides is 6. The van der Waals surface area contributed by atoms with Crippen molar-refractivity contribution in [2.45, 2.75) is 59.1 Å². The molecule has 2 heterocycles. The summed E-state index contributed by atoms with van der Waals surface area (Å²) in [6.07, 6.45) is -9.59. The number of aryl methyl sites for hydroxylation is 1. The van der Waals surface area contributed by atoms with E-state index in [0.717, 1.165) is 12.1 Å². The molecule has 12 heteroatoms.